The van der Waals surface area contributed by atoms with Crippen LogP contribution in [0.4, 0.5) is 18.3 Å². The number of anilines is 1. The Morgan fingerprint density at radius 2 is 1.90 bits per heavy atom. The standard InChI is InChI=1S/C20H15F3N4OS/c21-20(22,23)19(28)14-9-8-12-5-1-2-6-13(12)17(14)26-27(19)18-25-16(11-29-18)15-7-3-4-10-24-15/h1-7,10-11,14,28H,8-9H2/t14-,19-/m0/s1. The van der Waals surface area contributed by atoms with Crippen LogP contribution >= 0.6 is 11.3 Å². The van der Waals surface area contributed by atoms with Gasteiger partial charge in [-0.25, -0.2) is 4.98 Å². The minimum absolute atomic E-state index is 0.0233. The molecule has 3 aromatic rings. The van der Waals surface area contributed by atoms with Gasteiger partial charge in [0.1, 0.15) is 5.69 Å². The maximum Gasteiger partial charge on any atom is 0.439 e. The van der Waals surface area contributed by atoms with Crippen molar-refractivity contribution in [3.8, 4) is 11.4 Å². The van der Waals surface area contributed by atoms with Crippen molar-refractivity contribution in [2.45, 2.75) is 24.7 Å². The van der Waals surface area contributed by atoms with Gasteiger partial charge in [-0.3, -0.25) is 4.98 Å². The zero-order chi connectivity index (χ0) is 20.2. The molecule has 2 aromatic heterocycles. The van der Waals surface area contributed by atoms with Crippen LogP contribution in [0.3, 0.4) is 0 Å². The number of hydrogen-bond donors (Lipinski definition) is 1. The van der Waals surface area contributed by atoms with E-state index in [2.05, 4.69) is 15.1 Å². The van der Waals surface area contributed by atoms with Crippen LogP contribution in [0.2, 0.25) is 0 Å². The van der Waals surface area contributed by atoms with E-state index in [0.29, 0.717) is 28.4 Å². The Morgan fingerprint density at radius 3 is 2.66 bits per heavy atom. The Balaban J connectivity index is 1.63. The highest BCUT2D eigenvalue weighted by atomic mass is 32.1. The zero-order valence-electron chi connectivity index (χ0n) is 15.0. The van der Waals surface area contributed by atoms with Crippen molar-refractivity contribution in [2.24, 2.45) is 11.0 Å². The van der Waals surface area contributed by atoms with Gasteiger partial charge >= 0.3 is 6.18 Å². The van der Waals surface area contributed by atoms with Crippen LogP contribution in [-0.4, -0.2) is 32.7 Å². The first-order chi connectivity index (χ1) is 13.9. The number of nitrogens with zero attached hydrogens (tertiary/aromatic N) is 4. The molecule has 1 N–H and O–H groups in total. The van der Waals surface area contributed by atoms with Gasteiger partial charge in [0.15, 0.2) is 0 Å². The highest BCUT2D eigenvalue weighted by Crippen LogP contribution is 2.50. The summed E-state index contributed by atoms with van der Waals surface area (Å²) in [5.41, 5.74) is -0.334. The van der Waals surface area contributed by atoms with Crippen LogP contribution in [0.1, 0.15) is 17.5 Å². The number of aromatic nitrogens is 2. The van der Waals surface area contributed by atoms with Crippen molar-refractivity contribution in [1.29, 1.82) is 0 Å². The molecular formula is C20H15F3N4OS. The molecule has 0 saturated heterocycles. The topological polar surface area (TPSA) is 61.6 Å². The molecular weight excluding hydrogens is 401 g/mol. The fraction of sp³-hybridized carbons (Fsp3) is 0.250. The smallest absolute Gasteiger partial charge is 0.362 e. The van der Waals surface area contributed by atoms with Crippen molar-refractivity contribution >= 4 is 22.2 Å². The fourth-order valence-electron chi connectivity index (χ4n) is 3.96. The van der Waals surface area contributed by atoms with E-state index in [-0.39, 0.29) is 17.3 Å². The lowest BCUT2D eigenvalue weighted by Crippen LogP contribution is -2.60. The molecule has 5 nitrogen and oxygen atoms in total. The van der Waals surface area contributed by atoms with E-state index in [1.807, 2.05) is 12.1 Å². The molecule has 1 aromatic carbocycles. The van der Waals surface area contributed by atoms with E-state index in [9.17, 15) is 18.3 Å². The second kappa shape index (κ2) is 6.36. The van der Waals surface area contributed by atoms with Gasteiger partial charge in [-0.2, -0.15) is 23.3 Å². The number of aliphatic hydroxyl groups is 1. The summed E-state index contributed by atoms with van der Waals surface area (Å²) >= 11 is 0.995. The van der Waals surface area contributed by atoms with Crippen molar-refractivity contribution < 1.29 is 18.3 Å². The molecule has 29 heavy (non-hydrogen) atoms. The summed E-state index contributed by atoms with van der Waals surface area (Å²) in [6.45, 7) is 0. The Morgan fingerprint density at radius 1 is 1.10 bits per heavy atom. The molecule has 0 fully saturated rings. The van der Waals surface area contributed by atoms with Gasteiger partial charge in [-0.15, -0.1) is 11.3 Å². The maximum atomic E-state index is 14.2. The van der Waals surface area contributed by atoms with E-state index in [0.717, 1.165) is 16.9 Å². The molecule has 2 atom stereocenters. The number of fused-ring (bicyclic) bond motifs is 3. The highest BCUT2D eigenvalue weighted by Gasteiger charge is 2.68. The van der Waals surface area contributed by atoms with Gasteiger partial charge < -0.3 is 5.11 Å². The third-order valence-electron chi connectivity index (χ3n) is 5.36. The SMILES string of the molecule is O[C@]1(C(F)(F)F)[C@H]2CCc3ccccc3C2=NN1c1nc(-c2ccccn2)cs1. The fourth-order valence-corrected chi connectivity index (χ4v) is 4.78. The number of alkyl halides is 3. The second-order valence-electron chi connectivity index (χ2n) is 7.00. The summed E-state index contributed by atoms with van der Waals surface area (Å²) in [6, 6.07) is 12.5. The summed E-state index contributed by atoms with van der Waals surface area (Å²) in [4.78, 5) is 8.48. The molecule has 0 bridgehead atoms. The van der Waals surface area contributed by atoms with Crippen molar-refractivity contribution in [3.63, 3.8) is 0 Å². The van der Waals surface area contributed by atoms with Crippen molar-refractivity contribution in [1.82, 2.24) is 9.97 Å². The van der Waals surface area contributed by atoms with E-state index in [1.54, 1.807) is 41.9 Å². The number of aryl methyl sites for hydroxylation is 1. The number of halogens is 3. The number of thiazole rings is 1. The molecule has 0 saturated carbocycles. The third-order valence-corrected chi connectivity index (χ3v) is 6.18. The first-order valence-corrected chi connectivity index (χ1v) is 9.90. The quantitative estimate of drug-likeness (QED) is 0.679. The molecule has 1 aliphatic carbocycles. The number of pyridine rings is 1. The first-order valence-electron chi connectivity index (χ1n) is 9.02. The Kier molecular flexibility index (Phi) is 4.01. The lowest BCUT2D eigenvalue weighted by atomic mass is 9.77. The molecule has 0 unspecified atom stereocenters. The van der Waals surface area contributed by atoms with Gasteiger partial charge in [0.2, 0.25) is 5.13 Å². The number of benzene rings is 1. The molecule has 0 radical (unpaired) electrons. The Hall–Kier alpha value is -2.78. The minimum atomic E-state index is -4.91. The summed E-state index contributed by atoms with van der Waals surface area (Å²) in [7, 11) is 0. The molecule has 9 heteroatoms. The van der Waals surface area contributed by atoms with Crippen molar-refractivity contribution in [2.75, 3.05) is 5.01 Å². The van der Waals surface area contributed by atoms with Gasteiger partial charge in [-0.05, 0) is 30.5 Å². The predicted octanol–water partition coefficient (Wildman–Crippen LogP) is 4.24. The number of hydrazone groups is 1. The molecule has 148 valence electrons. The Bertz CT molecular complexity index is 1100. The Labute approximate surface area is 168 Å². The van der Waals surface area contributed by atoms with Crippen LogP contribution in [0.5, 0.6) is 0 Å². The third kappa shape index (κ3) is 2.68. The molecule has 2 aliphatic rings. The maximum absolute atomic E-state index is 14.2. The molecule has 0 spiro atoms. The monoisotopic (exact) mass is 416 g/mol. The predicted molar refractivity (Wildman–Crippen MR) is 104 cm³/mol. The molecule has 3 heterocycles. The van der Waals surface area contributed by atoms with Gasteiger partial charge in [-0.1, -0.05) is 30.3 Å². The van der Waals surface area contributed by atoms with E-state index in [1.165, 1.54) is 0 Å². The van der Waals surface area contributed by atoms with E-state index < -0.39 is 17.8 Å². The van der Waals surface area contributed by atoms with Crippen molar-refractivity contribution in [3.05, 3.63) is 65.2 Å². The van der Waals surface area contributed by atoms with E-state index in [4.69, 9.17) is 0 Å². The lowest BCUT2D eigenvalue weighted by molar-refractivity contribution is -0.268. The number of hydrogen-bond acceptors (Lipinski definition) is 6. The second-order valence-corrected chi connectivity index (χ2v) is 7.84. The van der Waals surface area contributed by atoms with Crippen LogP contribution < -0.4 is 5.01 Å². The zero-order valence-corrected chi connectivity index (χ0v) is 15.8. The average Bonchev–Trinajstić information content (AvgIpc) is 3.32. The van der Waals surface area contributed by atoms with Crippen LogP contribution in [-0.2, 0) is 6.42 Å². The van der Waals surface area contributed by atoms with Gasteiger partial charge in [0.25, 0.3) is 5.72 Å². The summed E-state index contributed by atoms with van der Waals surface area (Å²) in [6.07, 6.45) is -2.72. The minimum Gasteiger partial charge on any atom is -0.362 e. The van der Waals surface area contributed by atoms with Crippen LogP contribution in [0.25, 0.3) is 11.4 Å². The molecule has 5 rings (SSSR count). The van der Waals surface area contributed by atoms with Gasteiger partial charge in [0.05, 0.1) is 17.3 Å². The summed E-state index contributed by atoms with van der Waals surface area (Å²) in [5.74, 6) is -1.18. The molecule has 0 amide bonds. The average molecular weight is 416 g/mol. The van der Waals surface area contributed by atoms with Crippen LogP contribution in [0, 0.1) is 5.92 Å². The van der Waals surface area contributed by atoms with Gasteiger partial charge in [0, 0.05) is 17.1 Å². The van der Waals surface area contributed by atoms with Crippen LogP contribution in [0.15, 0.2) is 59.1 Å². The summed E-state index contributed by atoms with van der Waals surface area (Å²) in [5, 5.41) is 17.5. The van der Waals surface area contributed by atoms with E-state index >= 15 is 0 Å². The summed E-state index contributed by atoms with van der Waals surface area (Å²) < 4.78 is 42.5. The lowest BCUT2D eigenvalue weighted by Gasteiger charge is -2.38. The normalized spacial score (nSPS) is 23.5. The highest BCUT2D eigenvalue weighted by molar-refractivity contribution is 7.14. The number of rotatable bonds is 2. The largest absolute Gasteiger partial charge is 0.439 e. The first kappa shape index (κ1) is 18.3. The molecule has 1 aliphatic heterocycles.